The Hall–Kier alpha value is -1.37. The van der Waals surface area contributed by atoms with Crippen LogP contribution < -0.4 is 10.1 Å². The third-order valence-corrected chi connectivity index (χ3v) is 4.53. The number of hydrogen-bond donors (Lipinski definition) is 1. The summed E-state index contributed by atoms with van der Waals surface area (Å²) in [5, 5.41) is 7.29. The average Bonchev–Trinajstić information content (AvgIpc) is 2.98. The van der Waals surface area contributed by atoms with Crippen LogP contribution in [0.25, 0.3) is 0 Å². The highest BCUT2D eigenvalue weighted by Gasteiger charge is 2.15. The number of benzene rings is 1. The zero-order valence-electron chi connectivity index (χ0n) is 12.1. The van der Waals surface area contributed by atoms with Crippen molar-refractivity contribution in [2.45, 2.75) is 31.9 Å². The van der Waals surface area contributed by atoms with Crippen LogP contribution in [0.3, 0.4) is 0 Å². The maximum absolute atomic E-state index is 6.01. The number of nitrogens with zero attached hydrogens (tertiary/aromatic N) is 2. The molecule has 5 nitrogen and oxygen atoms in total. The molecular formula is C15H18ClN3O2S. The maximum atomic E-state index is 6.01. The number of halogens is 1. The summed E-state index contributed by atoms with van der Waals surface area (Å²) in [4.78, 5) is 0. The highest BCUT2D eigenvalue weighted by molar-refractivity contribution is 7.10. The van der Waals surface area contributed by atoms with Gasteiger partial charge in [0.1, 0.15) is 22.4 Å². The Morgan fingerprint density at radius 3 is 3.05 bits per heavy atom. The minimum absolute atomic E-state index is 0.194. The average molecular weight is 340 g/mol. The Morgan fingerprint density at radius 2 is 2.27 bits per heavy atom. The van der Waals surface area contributed by atoms with E-state index >= 15 is 0 Å². The summed E-state index contributed by atoms with van der Waals surface area (Å²) in [6, 6.07) is 7.85. The summed E-state index contributed by atoms with van der Waals surface area (Å²) in [6.45, 7) is 1.94. The predicted octanol–water partition coefficient (Wildman–Crippen LogP) is 3.75. The van der Waals surface area contributed by atoms with E-state index < -0.39 is 0 Å². The van der Waals surface area contributed by atoms with E-state index in [4.69, 9.17) is 21.1 Å². The molecule has 0 bridgehead atoms. The molecule has 0 amide bonds. The molecule has 1 aliphatic rings. The van der Waals surface area contributed by atoms with E-state index in [2.05, 4.69) is 14.9 Å². The first kappa shape index (κ1) is 15.5. The van der Waals surface area contributed by atoms with Gasteiger partial charge >= 0.3 is 0 Å². The van der Waals surface area contributed by atoms with Crippen molar-refractivity contribution in [2.24, 2.45) is 0 Å². The van der Waals surface area contributed by atoms with Gasteiger partial charge < -0.3 is 14.8 Å². The van der Waals surface area contributed by atoms with E-state index in [0.717, 1.165) is 36.6 Å². The molecule has 1 fully saturated rings. The summed E-state index contributed by atoms with van der Waals surface area (Å²) < 4.78 is 16.1. The lowest BCUT2D eigenvalue weighted by Gasteiger charge is -2.23. The van der Waals surface area contributed by atoms with E-state index in [-0.39, 0.29) is 6.10 Å². The normalized spacial score (nSPS) is 18.1. The lowest BCUT2D eigenvalue weighted by atomic mass is 10.1. The van der Waals surface area contributed by atoms with Crippen molar-refractivity contribution >= 4 is 28.8 Å². The second kappa shape index (κ2) is 7.76. The molecule has 0 aliphatic carbocycles. The van der Waals surface area contributed by atoms with Gasteiger partial charge in [-0.1, -0.05) is 28.2 Å². The molecule has 1 unspecified atom stereocenters. The van der Waals surface area contributed by atoms with Gasteiger partial charge in [-0.05, 0) is 31.4 Å². The van der Waals surface area contributed by atoms with Crippen LogP contribution >= 0.6 is 23.1 Å². The van der Waals surface area contributed by atoms with Crippen molar-refractivity contribution in [1.82, 2.24) is 9.59 Å². The molecule has 1 atom stereocenters. The van der Waals surface area contributed by atoms with E-state index in [9.17, 15) is 0 Å². The fourth-order valence-electron chi connectivity index (χ4n) is 2.34. The quantitative estimate of drug-likeness (QED) is 0.868. The largest absolute Gasteiger partial charge is 0.489 e. The third-order valence-electron chi connectivity index (χ3n) is 3.54. The molecule has 2 aromatic rings. The van der Waals surface area contributed by atoms with Crippen LogP contribution in [0.4, 0.5) is 5.69 Å². The second-order valence-corrected chi connectivity index (χ2v) is 6.50. The fourth-order valence-corrected chi connectivity index (χ4v) is 2.97. The van der Waals surface area contributed by atoms with Crippen molar-refractivity contribution in [3.8, 4) is 5.75 Å². The molecular weight excluding hydrogens is 322 g/mol. The number of rotatable bonds is 6. The third kappa shape index (κ3) is 4.09. The van der Waals surface area contributed by atoms with Crippen molar-refractivity contribution in [3.05, 3.63) is 34.3 Å². The van der Waals surface area contributed by atoms with Crippen LogP contribution in [-0.4, -0.2) is 28.9 Å². The molecule has 1 saturated heterocycles. The molecule has 0 spiro atoms. The topological polar surface area (TPSA) is 56.3 Å². The monoisotopic (exact) mass is 339 g/mol. The van der Waals surface area contributed by atoms with Gasteiger partial charge in [0.25, 0.3) is 0 Å². The molecule has 1 N–H and O–H groups in total. The Kier molecular flexibility index (Phi) is 5.48. The highest BCUT2D eigenvalue weighted by Crippen LogP contribution is 2.26. The van der Waals surface area contributed by atoms with Crippen LogP contribution in [-0.2, 0) is 11.3 Å². The number of para-hydroxylation sites is 2. The molecule has 2 heterocycles. The maximum Gasteiger partial charge on any atom is 0.142 e. The van der Waals surface area contributed by atoms with E-state index in [1.165, 1.54) is 18.0 Å². The van der Waals surface area contributed by atoms with Gasteiger partial charge in [-0.2, -0.15) is 0 Å². The van der Waals surface area contributed by atoms with Crippen LogP contribution in [0.2, 0.25) is 4.34 Å². The second-order valence-electron chi connectivity index (χ2n) is 5.14. The van der Waals surface area contributed by atoms with Gasteiger partial charge in [0.15, 0.2) is 0 Å². The number of aromatic nitrogens is 2. The summed E-state index contributed by atoms with van der Waals surface area (Å²) in [6.07, 6.45) is 3.62. The number of nitrogens with one attached hydrogen (secondary N) is 1. The van der Waals surface area contributed by atoms with E-state index in [1.807, 2.05) is 24.3 Å². The Bertz CT molecular complexity index is 602. The standard InChI is InChI=1S/C15H18ClN3O2S/c16-15-13(18-19-22-15)9-17-12-6-1-2-7-14(12)21-10-11-5-3-4-8-20-11/h1-2,6-7,11,17H,3-5,8-10H2. The van der Waals surface area contributed by atoms with Crippen LogP contribution in [0, 0.1) is 0 Å². The minimum atomic E-state index is 0.194. The SMILES string of the molecule is Clc1snnc1CNc1ccccc1OCC1CCCCO1. The van der Waals surface area contributed by atoms with Crippen LogP contribution in [0.1, 0.15) is 25.0 Å². The lowest BCUT2D eigenvalue weighted by Crippen LogP contribution is -2.26. The molecule has 0 saturated carbocycles. The van der Waals surface area contributed by atoms with E-state index in [1.54, 1.807) is 0 Å². The minimum Gasteiger partial charge on any atom is -0.489 e. The molecule has 1 aliphatic heterocycles. The molecule has 1 aromatic carbocycles. The summed E-state index contributed by atoms with van der Waals surface area (Å²) in [5.41, 5.74) is 1.67. The Labute approximate surface area is 138 Å². The summed E-state index contributed by atoms with van der Waals surface area (Å²) in [5.74, 6) is 0.816. The zero-order valence-corrected chi connectivity index (χ0v) is 13.7. The summed E-state index contributed by atoms with van der Waals surface area (Å²) in [7, 11) is 0. The van der Waals surface area contributed by atoms with Gasteiger partial charge in [0.05, 0.1) is 18.3 Å². The van der Waals surface area contributed by atoms with Crippen LogP contribution in [0.5, 0.6) is 5.75 Å². The highest BCUT2D eigenvalue weighted by atomic mass is 35.5. The van der Waals surface area contributed by atoms with Gasteiger partial charge in [0, 0.05) is 18.1 Å². The predicted molar refractivity (Wildman–Crippen MR) is 87.8 cm³/mol. The number of anilines is 1. The first-order valence-electron chi connectivity index (χ1n) is 7.37. The summed E-state index contributed by atoms with van der Waals surface area (Å²) >= 11 is 7.20. The lowest BCUT2D eigenvalue weighted by molar-refractivity contribution is -0.0109. The van der Waals surface area contributed by atoms with Gasteiger partial charge in [0.2, 0.25) is 0 Å². The van der Waals surface area contributed by atoms with Gasteiger partial charge in [-0.3, -0.25) is 0 Å². The van der Waals surface area contributed by atoms with Crippen LogP contribution in [0.15, 0.2) is 24.3 Å². The fraction of sp³-hybridized carbons (Fsp3) is 0.467. The molecule has 0 radical (unpaired) electrons. The first-order valence-corrected chi connectivity index (χ1v) is 8.52. The first-order chi connectivity index (χ1) is 10.8. The Morgan fingerprint density at radius 1 is 1.36 bits per heavy atom. The van der Waals surface area contributed by atoms with Crippen molar-refractivity contribution < 1.29 is 9.47 Å². The van der Waals surface area contributed by atoms with E-state index in [0.29, 0.717) is 17.5 Å². The van der Waals surface area contributed by atoms with Crippen molar-refractivity contribution in [2.75, 3.05) is 18.5 Å². The molecule has 7 heteroatoms. The zero-order chi connectivity index (χ0) is 15.2. The van der Waals surface area contributed by atoms with Crippen molar-refractivity contribution in [3.63, 3.8) is 0 Å². The van der Waals surface area contributed by atoms with Gasteiger partial charge in [-0.25, -0.2) is 0 Å². The molecule has 1 aromatic heterocycles. The molecule has 3 rings (SSSR count). The number of hydrogen-bond acceptors (Lipinski definition) is 6. The Balaban J connectivity index is 1.58. The van der Waals surface area contributed by atoms with Gasteiger partial charge in [-0.15, -0.1) is 5.10 Å². The smallest absolute Gasteiger partial charge is 0.142 e. The van der Waals surface area contributed by atoms with Crippen molar-refractivity contribution in [1.29, 1.82) is 0 Å². The molecule has 22 heavy (non-hydrogen) atoms. The number of ether oxygens (including phenoxy) is 2. The molecule has 118 valence electrons.